The molecule has 0 amide bonds. The van der Waals surface area contributed by atoms with Gasteiger partial charge in [-0.05, 0) is 49.3 Å². The van der Waals surface area contributed by atoms with Crippen LogP contribution in [0.3, 0.4) is 0 Å². The second kappa shape index (κ2) is 9.25. The van der Waals surface area contributed by atoms with Gasteiger partial charge in [0.15, 0.2) is 5.78 Å². The van der Waals surface area contributed by atoms with Gasteiger partial charge in [-0.3, -0.25) is 4.79 Å². The van der Waals surface area contributed by atoms with Gasteiger partial charge in [-0.1, -0.05) is 44.7 Å². The van der Waals surface area contributed by atoms with Crippen LogP contribution in [0.25, 0.3) is 0 Å². The Labute approximate surface area is 182 Å². The summed E-state index contributed by atoms with van der Waals surface area (Å²) in [6.07, 6.45) is 4.44. The van der Waals surface area contributed by atoms with Crippen molar-refractivity contribution in [1.82, 2.24) is 14.8 Å². The molecule has 7 heteroatoms. The van der Waals surface area contributed by atoms with E-state index in [1.165, 1.54) is 0 Å². The van der Waals surface area contributed by atoms with Crippen molar-refractivity contribution in [3.63, 3.8) is 0 Å². The van der Waals surface area contributed by atoms with Gasteiger partial charge in [-0.15, -0.1) is 5.10 Å². The van der Waals surface area contributed by atoms with Gasteiger partial charge in [0.05, 0.1) is 6.61 Å². The Morgan fingerprint density at radius 2 is 2.07 bits per heavy atom. The van der Waals surface area contributed by atoms with E-state index in [0.29, 0.717) is 18.9 Å². The van der Waals surface area contributed by atoms with E-state index in [2.05, 4.69) is 43.2 Å². The topological polar surface area (TPSA) is 69.0 Å². The smallest absolute Gasteiger partial charge is 0.227 e. The van der Waals surface area contributed by atoms with E-state index in [1.54, 1.807) is 11.8 Å². The number of hydrogen-bond donors (Lipinski definition) is 1. The van der Waals surface area contributed by atoms with Gasteiger partial charge in [-0.2, -0.15) is 4.98 Å². The minimum atomic E-state index is -0.239. The van der Waals surface area contributed by atoms with Crippen molar-refractivity contribution in [3.05, 3.63) is 41.1 Å². The van der Waals surface area contributed by atoms with Gasteiger partial charge in [-0.25, -0.2) is 4.68 Å². The van der Waals surface area contributed by atoms with Gasteiger partial charge in [0, 0.05) is 23.4 Å². The Kier molecular flexibility index (Phi) is 6.46. The molecular formula is C23H30N4O2S. The Hall–Kier alpha value is -2.28. The molecule has 1 atom stereocenters. The average Bonchev–Trinajstić information content (AvgIpc) is 3.14. The normalized spacial score (nSPS) is 18.3. The maximum Gasteiger partial charge on any atom is 0.227 e. The number of fused-ring (bicyclic) bond motifs is 1. The van der Waals surface area contributed by atoms with Crippen LogP contribution in [0.1, 0.15) is 64.5 Å². The first-order chi connectivity index (χ1) is 14.6. The highest BCUT2D eigenvalue weighted by Gasteiger charge is 2.36. The van der Waals surface area contributed by atoms with Gasteiger partial charge >= 0.3 is 0 Å². The number of allylic oxidation sites excluding steroid dienone is 2. The van der Waals surface area contributed by atoms with Gasteiger partial charge in [0.1, 0.15) is 11.8 Å². The maximum atomic E-state index is 12.9. The first kappa shape index (κ1) is 21.0. The van der Waals surface area contributed by atoms with Crippen molar-refractivity contribution >= 4 is 23.5 Å². The average molecular weight is 427 g/mol. The fourth-order valence-corrected chi connectivity index (χ4v) is 4.54. The lowest BCUT2D eigenvalue weighted by Crippen LogP contribution is -2.31. The van der Waals surface area contributed by atoms with Gasteiger partial charge in [0.25, 0.3) is 0 Å². The summed E-state index contributed by atoms with van der Waals surface area (Å²) in [5.41, 5.74) is 2.87. The van der Waals surface area contributed by atoms with Crippen LogP contribution in [0.4, 0.5) is 5.95 Å². The third-order valence-electron chi connectivity index (χ3n) is 5.44. The first-order valence-corrected chi connectivity index (χ1v) is 11.9. The van der Waals surface area contributed by atoms with Crippen molar-refractivity contribution in [3.8, 4) is 5.75 Å². The van der Waals surface area contributed by atoms with Crippen molar-refractivity contribution in [1.29, 1.82) is 0 Å². The molecule has 0 bridgehead atoms. The van der Waals surface area contributed by atoms with Crippen molar-refractivity contribution in [2.45, 2.75) is 64.1 Å². The molecule has 0 radical (unpaired) electrons. The summed E-state index contributed by atoms with van der Waals surface area (Å²) in [7, 11) is 0. The fourth-order valence-electron chi connectivity index (χ4n) is 3.86. The standard InChI is InChI=1S/C23H30N4O2S/c1-4-14-30-23-25-22-24-18-6-5-7-19(28)20(18)21(27(22)26-23)16-8-10-17(11-9-16)29-13-12-15(2)3/h8-11,15,21H,4-7,12-14H2,1-3H3,(H,24,25,26). The van der Waals surface area contributed by atoms with E-state index in [-0.39, 0.29) is 11.8 Å². The van der Waals surface area contributed by atoms with Crippen LogP contribution in [0, 0.1) is 5.92 Å². The molecule has 1 unspecified atom stereocenters. The number of hydrogen-bond acceptors (Lipinski definition) is 6. The van der Waals surface area contributed by atoms with Crippen LogP contribution in [0.2, 0.25) is 0 Å². The van der Waals surface area contributed by atoms with Crippen LogP contribution in [0.15, 0.2) is 40.7 Å². The Morgan fingerprint density at radius 3 is 2.80 bits per heavy atom. The van der Waals surface area contributed by atoms with E-state index in [4.69, 9.17) is 9.84 Å². The van der Waals surface area contributed by atoms with E-state index in [0.717, 1.165) is 65.1 Å². The van der Waals surface area contributed by atoms with Crippen LogP contribution in [-0.2, 0) is 4.79 Å². The van der Waals surface area contributed by atoms with E-state index < -0.39 is 0 Å². The third-order valence-corrected chi connectivity index (χ3v) is 6.49. The van der Waals surface area contributed by atoms with E-state index in [9.17, 15) is 4.79 Å². The highest BCUT2D eigenvalue weighted by molar-refractivity contribution is 7.99. The van der Waals surface area contributed by atoms with E-state index >= 15 is 0 Å². The third kappa shape index (κ3) is 4.41. The fraction of sp³-hybridized carbons (Fsp3) is 0.522. The SMILES string of the molecule is CCCSc1nc2n(n1)C(c1ccc(OCCC(C)C)cc1)C1=C(CCCC1=O)N2. The molecule has 0 fully saturated rings. The molecule has 0 spiro atoms. The Morgan fingerprint density at radius 1 is 1.27 bits per heavy atom. The summed E-state index contributed by atoms with van der Waals surface area (Å²) >= 11 is 1.65. The summed E-state index contributed by atoms with van der Waals surface area (Å²) in [5, 5.41) is 8.89. The highest BCUT2D eigenvalue weighted by atomic mass is 32.2. The van der Waals surface area contributed by atoms with Crippen LogP contribution < -0.4 is 10.1 Å². The Balaban J connectivity index is 1.64. The molecule has 1 aliphatic carbocycles. The zero-order valence-electron chi connectivity index (χ0n) is 18.0. The number of ketones is 1. The molecule has 1 aromatic carbocycles. The monoisotopic (exact) mass is 426 g/mol. The highest BCUT2D eigenvalue weighted by Crippen LogP contribution is 2.40. The van der Waals surface area contributed by atoms with E-state index in [1.807, 2.05) is 16.8 Å². The molecule has 4 rings (SSSR count). The number of carbonyl (C=O) groups is 1. The number of benzene rings is 1. The quantitative estimate of drug-likeness (QED) is 0.583. The predicted octanol–water partition coefficient (Wildman–Crippen LogP) is 5.23. The number of aromatic nitrogens is 3. The molecule has 2 aliphatic rings. The van der Waals surface area contributed by atoms with Crippen LogP contribution in [0.5, 0.6) is 5.75 Å². The number of nitrogens with one attached hydrogen (secondary N) is 1. The number of carbonyl (C=O) groups excluding carboxylic acids is 1. The van der Waals surface area contributed by atoms with Gasteiger partial charge in [0.2, 0.25) is 11.1 Å². The van der Waals surface area contributed by atoms with Gasteiger partial charge < -0.3 is 10.1 Å². The number of anilines is 1. The van der Waals surface area contributed by atoms with Crippen LogP contribution >= 0.6 is 11.8 Å². The maximum absolute atomic E-state index is 12.9. The summed E-state index contributed by atoms with van der Waals surface area (Å²) < 4.78 is 7.76. The minimum Gasteiger partial charge on any atom is -0.494 e. The minimum absolute atomic E-state index is 0.204. The molecule has 6 nitrogen and oxygen atoms in total. The molecule has 2 heterocycles. The summed E-state index contributed by atoms with van der Waals surface area (Å²) in [5.74, 6) is 3.38. The zero-order valence-corrected chi connectivity index (χ0v) is 18.8. The Bertz CT molecular complexity index is 933. The molecule has 0 saturated carbocycles. The van der Waals surface area contributed by atoms with Crippen molar-refractivity contribution in [2.75, 3.05) is 17.7 Å². The molecule has 1 aliphatic heterocycles. The largest absolute Gasteiger partial charge is 0.494 e. The molecule has 1 aromatic heterocycles. The number of Topliss-reactive ketones (excluding diaryl/α,β-unsaturated/α-hetero) is 1. The number of thioether (sulfide) groups is 1. The second-order valence-electron chi connectivity index (χ2n) is 8.31. The molecule has 160 valence electrons. The molecule has 1 N–H and O–H groups in total. The number of rotatable bonds is 8. The summed E-state index contributed by atoms with van der Waals surface area (Å²) in [6, 6.07) is 7.86. The van der Waals surface area contributed by atoms with Crippen molar-refractivity contribution in [2.24, 2.45) is 5.92 Å². The predicted molar refractivity (Wildman–Crippen MR) is 120 cm³/mol. The van der Waals surface area contributed by atoms with Crippen molar-refractivity contribution < 1.29 is 9.53 Å². The lowest BCUT2D eigenvalue weighted by molar-refractivity contribution is -0.116. The molecular weight excluding hydrogens is 396 g/mol. The zero-order chi connectivity index (χ0) is 21.1. The molecule has 0 saturated heterocycles. The number of nitrogens with zero attached hydrogens (tertiary/aromatic N) is 3. The lowest BCUT2D eigenvalue weighted by atomic mass is 9.85. The number of ether oxygens (including phenoxy) is 1. The second-order valence-corrected chi connectivity index (χ2v) is 9.37. The first-order valence-electron chi connectivity index (χ1n) is 10.9. The lowest BCUT2D eigenvalue weighted by Gasteiger charge is -2.32. The molecule has 30 heavy (non-hydrogen) atoms. The van der Waals surface area contributed by atoms with Crippen LogP contribution in [-0.4, -0.2) is 32.9 Å². The molecule has 2 aromatic rings. The summed E-state index contributed by atoms with van der Waals surface area (Å²) in [4.78, 5) is 17.6. The summed E-state index contributed by atoms with van der Waals surface area (Å²) in [6.45, 7) is 7.24.